The van der Waals surface area contributed by atoms with Crippen molar-refractivity contribution >= 4 is 11.6 Å². The van der Waals surface area contributed by atoms with Crippen LogP contribution in [0.5, 0.6) is 5.75 Å². The number of carbonyl (C=O) groups is 1. The van der Waals surface area contributed by atoms with E-state index in [1.54, 1.807) is 0 Å². The molecule has 0 aliphatic heterocycles. The number of benzene rings is 2. The Morgan fingerprint density at radius 3 is 2.17 bits per heavy atom. The van der Waals surface area contributed by atoms with Crippen LogP contribution in [0.2, 0.25) is 0 Å². The Labute approximate surface area is 143 Å². The lowest BCUT2D eigenvalue weighted by molar-refractivity contribution is -0.123. The maximum absolute atomic E-state index is 11.8. The summed E-state index contributed by atoms with van der Waals surface area (Å²) >= 11 is 0. The lowest BCUT2D eigenvalue weighted by atomic mass is 9.91. The van der Waals surface area contributed by atoms with Crippen molar-refractivity contribution < 1.29 is 9.53 Å². The Morgan fingerprint density at radius 1 is 1.00 bits per heavy atom. The molecule has 0 atom stereocenters. The van der Waals surface area contributed by atoms with Gasteiger partial charge < -0.3 is 4.74 Å². The van der Waals surface area contributed by atoms with Crippen LogP contribution in [0, 0.1) is 5.41 Å². The van der Waals surface area contributed by atoms with Gasteiger partial charge in [-0.3, -0.25) is 4.79 Å². The summed E-state index contributed by atoms with van der Waals surface area (Å²) in [5, 5.41) is 4.10. The van der Waals surface area contributed by atoms with Crippen molar-refractivity contribution in [1.82, 2.24) is 5.43 Å². The summed E-state index contributed by atoms with van der Waals surface area (Å²) in [6.45, 7) is 7.96. The zero-order chi connectivity index (χ0) is 17.6. The minimum atomic E-state index is -0.272. The Balaban J connectivity index is 1.87. The number of ether oxygens (including phenoxy) is 1. The van der Waals surface area contributed by atoms with E-state index in [0.29, 0.717) is 5.75 Å². The predicted octanol–water partition coefficient (Wildman–Crippen LogP) is 4.27. The minimum Gasteiger partial charge on any atom is -0.484 e. The van der Waals surface area contributed by atoms with Crippen molar-refractivity contribution in [2.45, 2.75) is 27.7 Å². The van der Waals surface area contributed by atoms with Crippen LogP contribution >= 0.6 is 0 Å². The molecular weight excluding hydrogens is 300 g/mol. The van der Waals surface area contributed by atoms with Crippen molar-refractivity contribution in [2.75, 3.05) is 6.61 Å². The van der Waals surface area contributed by atoms with E-state index < -0.39 is 0 Å². The number of amides is 1. The third-order valence-electron chi connectivity index (χ3n) is 3.77. The van der Waals surface area contributed by atoms with E-state index in [1.807, 2.05) is 70.2 Å². The number of carbonyl (C=O) groups excluding carboxylic acids is 1. The van der Waals surface area contributed by atoms with Gasteiger partial charge in [0.15, 0.2) is 6.61 Å². The summed E-state index contributed by atoms with van der Waals surface area (Å²) in [5.74, 6) is 0.382. The Hall–Kier alpha value is -2.62. The molecule has 24 heavy (non-hydrogen) atoms. The highest BCUT2D eigenvalue weighted by atomic mass is 16.5. The largest absolute Gasteiger partial charge is 0.484 e. The molecule has 0 radical (unpaired) electrons. The van der Waals surface area contributed by atoms with E-state index in [9.17, 15) is 4.79 Å². The summed E-state index contributed by atoms with van der Waals surface area (Å²) in [6.07, 6.45) is 0. The summed E-state index contributed by atoms with van der Waals surface area (Å²) in [7, 11) is 0. The highest BCUT2D eigenvalue weighted by molar-refractivity contribution is 5.88. The second-order valence-corrected chi connectivity index (χ2v) is 6.66. The molecule has 0 aliphatic rings. The van der Waals surface area contributed by atoms with Gasteiger partial charge in [-0.25, -0.2) is 5.43 Å². The fourth-order valence-electron chi connectivity index (χ4n) is 1.87. The smallest absolute Gasteiger partial charge is 0.277 e. The van der Waals surface area contributed by atoms with Gasteiger partial charge in [0.05, 0.1) is 0 Å². The van der Waals surface area contributed by atoms with Gasteiger partial charge in [0.1, 0.15) is 5.75 Å². The van der Waals surface area contributed by atoms with Crippen LogP contribution in [-0.2, 0) is 4.79 Å². The van der Waals surface area contributed by atoms with Crippen LogP contribution in [0.25, 0.3) is 11.1 Å². The fraction of sp³-hybridized carbons (Fsp3) is 0.300. The maximum Gasteiger partial charge on any atom is 0.277 e. The van der Waals surface area contributed by atoms with Gasteiger partial charge in [-0.15, -0.1) is 0 Å². The average Bonchev–Trinajstić information content (AvgIpc) is 2.58. The molecule has 0 spiro atoms. The zero-order valence-electron chi connectivity index (χ0n) is 14.7. The van der Waals surface area contributed by atoms with Crippen LogP contribution in [0.15, 0.2) is 59.7 Å². The third kappa shape index (κ3) is 5.23. The zero-order valence-corrected chi connectivity index (χ0v) is 14.7. The van der Waals surface area contributed by atoms with E-state index >= 15 is 0 Å². The van der Waals surface area contributed by atoms with Gasteiger partial charge in [-0.05, 0) is 30.2 Å². The molecule has 0 aliphatic carbocycles. The van der Waals surface area contributed by atoms with Crippen molar-refractivity contribution in [2.24, 2.45) is 10.5 Å². The lowest BCUT2D eigenvalue weighted by Crippen LogP contribution is -2.28. The standard InChI is InChI=1S/C20H24N2O2/c1-15(20(2,3)4)21-22-19(23)14-24-18-12-10-17(11-13-18)16-8-6-5-7-9-16/h5-13H,14H2,1-4H3,(H,22,23)/b21-15+. The van der Waals surface area contributed by atoms with Crippen molar-refractivity contribution in [3.63, 3.8) is 0 Å². The van der Waals surface area contributed by atoms with Crippen molar-refractivity contribution in [1.29, 1.82) is 0 Å². The molecule has 2 aromatic carbocycles. The number of hydrazone groups is 1. The van der Waals surface area contributed by atoms with Crippen LogP contribution in [0.3, 0.4) is 0 Å². The molecule has 0 bridgehead atoms. The van der Waals surface area contributed by atoms with Gasteiger partial charge in [0.25, 0.3) is 5.91 Å². The molecule has 4 heteroatoms. The van der Waals surface area contributed by atoms with E-state index in [4.69, 9.17) is 4.74 Å². The van der Waals surface area contributed by atoms with Crippen molar-refractivity contribution in [3.8, 4) is 16.9 Å². The summed E-state index contributed by atoms with van der Waals surface area (Å²) < 4.78 is 5.50. The maximum atomic E-state index is 11.8. The number of nitrogens with zero attached hydrogens (tertiary/aromatic N) is 1. The Kier molecular flexibility index (Phi) is 5.74. The highest BCUT2D eigenvalue weighted by Gasteiger charge is 2.14. The molecule has 0 saturated carbocycles. The molecule has 0 heterocycles. The van der Waals surface area contributed by atoms with Crippen LogP contribution in [0.1, 0.15) is 27.7 Å². The predicted molar refractivity (Wildman–Crippen MR) is 98.1 cm³/mol. The quantitative estimate of drug-likeness (QED) is 0.659. The first-order valence-electron chi connectivity index (χ1n) is 7.98. The molecule has 0 aromatic heterocycles. The topological polar surface area (TPSA) is 50.7 Å². The Morgan fingerprint density at radius 2 is 1.58 bits per heavy atom. The summed E-state index contributed by atoms with van der Waals surface area (Å²) in [6, 6.07) is 17.8. The van der Waals surface area contributed by atoms with Gasteiger partial charge in [-0.2, -0.15) is 5.10 Å². The van der Waals surface area contributed by atoms with Gasteiger partial charge >= 0.3 is 0 Å². The molecule has 1 N–H and O–H groups in total. The second-order valence-electron chi connectivity index (χ2n) is 6.66. The minimum absolute atomic E-state index is 0.0639. The van der Waals surface area contributed by atoms with Gasteiger partial charge in [0, 0.05) is 11.1 Å². The molecule has 0 saturated heterocycles. The molecule has 2 rings (SSSR count). The second kappa shape index (κ2) is 7.77. The molecular formula is C20H24N2O2. The third-order valence-corrected chi connectivity index (χ3v) is 3.77. The van der Waals surface area contributed by atoms with Crippen LogP contribution in [-0.4, -0.2) is 18.2 Å². The number of rotatable bonds is 5. The van der Waals surface area contributed by atoms with E-state index in [0.717, 1.165) is 16.8 Å². The molecule has 1 amide bonds. The molecule has 126 valence electrons. The average molecular weight is 324 g/mol. The van der Waals surface area contributed by atoms with Crippen LogP contribution in [0.4, 0.5) is 0 Å². The molecule has 4 nitrogen and oxygen atoms in total. The summed E-state index contributed by atoms with van der Waals surface area (Å²) in [4.78, 5) is 11.8. The monoisotopic (exact) mass is 324 g/mol. The Bertz CT molecular complexity index is 699. The highest BCUT2D eigenvalue weighted by Crippen LogP contribution is 2.22. The molecule has 0 fully saturated rings. The van der Waals surface area contributed by atoms with Crippen molar-refractivity contribution in [3.05, 3.63) is 54.6 Å². The van der Waals surface area contributed by atoms with Gasteiger partial charge in [0.2, 0.25) is 0 Å². The van der Waals surface area contributed by atoms with E-state index in [-0.39, 0.29) is 17.9 Å². The van der Waals surface area contributed by atoms with Gasteiger partial charge in [-0.1, -0.05) is 63.2 Å². The first-order chi connectivity index (χ1) is 11.4. The first kappa shape index (κ1) is 17.7. The van der Waals surface area contributed by atoms with Crippen LogP contribution < -0.4 is 10.2 Å². The number of hydrogen-bond donors (Lipinski definition) is 1. The number of nitrogens with one attached hydrogen (secondary N) is 1. The number of hydrogen-bond acceptors (Lipinski definition) is 3. The first-order valence-corrected chi connectivity index (χ1v) is 7.98. The normalized spacial score (nSPS) is 11.9. The van der Waals surface area contributed by atoms with E-state index in [1.165, 1.54) is 0 Å². The summed E-state index contributed by atoms with van der Waals surface area (Å²) in [5.41, 5.74) is 5.57. The fourth-order valence-corrected chi connectivity index (χ4v) is 1.87. The lowest BCUT2D eigenvalue weighted by Gasteiger charge is -2.17. The SMILES string of the molecule is C/C(=N\NC(=O)COc1ccc(-c2ccccc2)cc1)C(C)(C)C. The molecule has 0 unspecified atom stereocenters. The van der Waals surface area contributed by atoms with E-state index in [2.05, 4.69) is 22.7 Å². The molecule has 2 aromatic rings.